The molecule has 0 unspecified atom stereocenters. The first kappa shape index (κ1) is 35.0. The van der Waals surface area contributed by atoms with Gasteiger partial charge in [-0.15, -0.1) is 0 Å². The van der Waals surface area contributed by atoms with E-state index >= 15 is 0 Å². The third-order valence-corrected chi connectivity index (χ3v) is 13.6. The van der Waals surface area contributed by atoms with Gasteiger partial charge in [0.2, 0.25) is 0 Å². The van der Waals surface area contributed by atoms with Crippen molar-refractivity contribution >= 4 is 87.2 Å². The highest BCUT2D eigenvalue weighted by atomic mass is 15.0. The molecule has 64 heavy (non-hydrogen) atoms. The van der Waals surface area contributed by atoms with Gasteiger partial charge in [0.25, 0.3) is 0 Å². The lowest BCUT2D eigenvalue weighted by atomic mass is 10.0. The average molecular weight is 815 g/mol. The number of nitrogens with zero attached hydrogens (tertiary/aromatic N) is 4. The summed E-state index contributed by atoms with van der Waals surface area (Å²) in [6.45, 7) is 0. The maximum Gasteiger partial charge on any atom is 0.0561 e. The quantitative estimate of drug-likeness (QED) is 0.165. The zero-order valence-corrected chi connectivity index (χ0v) is 34.7. The summed E-state index contributed by atoms with van der Waals surface area (Å²) < 4.78 is 9.64. The molecular weight excluding hydrogens is 777 g/mol. The van der Waals surface area contributed by atoms with Crippen LogP contribution in [0.25, 0.3) is 121 Å². The first-order chi connectivity index (χ1) is 31.8. The Hall–Kier alpha value is -8.60. The van der Waals surface area contributed by atoms with Crippen molar-refractivity contribution in [3.05, 3.63) is 231 Å². The van der Waals surface area contributed by atoms with E-state index in [1.165, 1.54) is 104 Å². The molecule has 4 nitrogen and oxygen atoms in total. The molecule has 0 atom stereocenters. The molecule has 10 aromatic carbocycles. The molecule has 0 N–H and O–H groups in total. The zero-order valence-electron chi connectivity index (χ0n) is 34.7. The number of benzene rings is 10. The predicted octanol–water partition coefficient (Wildman–Crippen LogP) is 15.7. The van der Waals surface area contributed by atoms with E-state index in [-0.39, 0.29) is 0 Å². The van der Waals surface area contributed by atoms with E-state index in [0.717, 1.165) is 17.1 Å². The topological polar surface area (TPSA) is 19.7 Å². The Bertz CT molecular complexity index is 4120. The van der Waals surface area contributed by atoms with Crippen molar-refractivity contribution in [1.82, 2.24) is 18.3 Å². The molecular formula is C60H38N4. The van der Waals surface area contributed by atoms with Gasteiger partial charge >= 0.3 is 0 Å². The molecule has 0 aliphatic carbocycles. The fourth-order valence-corrected chi connectivity index (χ4v) is 10.8. The van der Waals surface area contributed by atoms with E-state index in [2.05, 4.69) is 249 Å². The minimum absolute atomic E-state index is 1.13. The third-order valence-electron chi connectivity index (χ3n) is 13.6. The molecule has 4 heterocycles. The lowest BCUT2D eigenvalue weighted by Gasteiger charge is -2.13. The highest BCUT2D eigenvalue weighted by Crippen LogP contribution is 2.40. The molecule has 4 heteroatoms. The molecule has 0 spiro atoms. The third kappa shape index (κ3) is 4.99. The summed E-state index contributed by atoms with van der Waals surface area (Å²) in [5, 5.41) is 10.00. The molecule has 0 fully saturated rings. The van der Waals surface area contributed by atoms with Gasteiger partial charge in [0.1, 0.15) is 0 Å². The predicted molar refractivity (Wildman–Crippen MR) is 269 cm³/mol. The molecule has 0 radical (unpaired) electrons. The molecule has 14 aromatic rings. The molecule has 0 aliphatic rings. The van der Waals surface area contributed by atoms with Crippen LogP contribution in [-0.4, -0.2) is 18.3 Å². The van der Waals surface area contributed by atoms with Crippen LogP contribution in [0.4, 0.5) is 0 Å². The molecule has 0 saturated carbocycles. The van der Waals surface area contributed by atoms with Crippen LogP contribution in [0.5, 0.6) is 0 Å². The number of aromatic nitrogens is 4. The number of para-hydroxylation sites is 6. The van der Waals surface area contributed by atoms with Gasteiger partial charge in [0.15, 0.2) is 0 Å². The summed E-state index contributed by atoms with van der Waals surface area (Å²) in [4.78, 5) is 0. The van der Waals surface area contributed by atoms with Gasteiger partial charge in [0, 0.05) is 65.8 Å². The summed E-state index contributed by atoms with van der Waals surface area (Å²) in [5.74, 6) is 0. The monoisotopic (exact) mass is 814 g/mol. The second kappa shape index (κ2) is 13.4. The van der Waals surface area contributed by atoms with Gasteiger partial charge in [-0.1, -0.05) is 127 Å². The number of rotatable bonds is 5. The minimum Gasteiger partial charge on any atom is -0.309 e. The lowest BCUT2D eigenvalue weighted by Crippen LogP contribution is -1.98. The molecule has 14 rings (SSSR count). The van der Waals surface area contributed by atoms with E-state index < -0.39 is 0 Å². The molecule has 0 aliphatic heterocycles. The molecule has 4 aromatic heterocycles. The highest BCUT2D eigenvalue weighted by Gasteiger charge is 2.19. The van der Waals surface area contributed by atoms with Crippen molar-refractivity contribution in [2.45, 2.75) is 0 Å². The van der Waals surface area contributed by atoms with Crippen molar-refractivity contribution in [3.63, 3.8) is 0 Å². The maximum atomic E-state index is 2.44. The molecule has 0 saturated heterocycles. The Balaban J connectivity index is 0.917. The van der Waals surface area contributed by atoms with Crippen LogP contribution in [0, 0.1) is 0 Å². The van der Waals surface area contributed by atoms with E-state index in [9.17, 15) is 0 Å². The smallest absolute Gasteiger partial charge is 0.0561 e. The number of hydrogen-bond donors (Lipinski definition) is 0. The van der Waals surface area contributed by atoms with Gasteiger partial charge < -0.3 is 18.3 Å². The minimum atomic E-state index is 1.13. The second-order valence-electron chi connectivity index (χ2n) is 16.9. The van der Waals surface area contributed by atoms with E-state index in [1.807, 2.05) is 0 Å². The van der Waals surface area contributed by atoms with Crippen molar-refractivity contribution in [2.75, 3.05) is 0 Å². The molecule has 0 bridgehead atoms. The van der Waals surface area contributed by atoms with Crippen LogP contribution in [-0.2, 0) is 0 Å². The van der Waals surface area contributed by atoms with Gasteiger partial charge in [-0.05, 0) is 114 Å². The van der Waals surface area contributed by atoms with E-state index in [1.54, 1.807) is 0 Å². The largest absolute Gasteiger partial charge is 0.309 e. The van der Waals surface area contributed by atoms with Crippen LogP contribution >= 0.6 is 0 Å². The van der Waals surface area contributed by atoms with E-state index in [0.29, 0.717) is 0 Å². The first-order valence-electron chi connectivity index (χ1n) is 22.0. The average Bonchev–Trinajstić information content (AvgIpc) is 4.09. The van der Waals surface area contributed by atoms with Crippen molar-refractivity contribution in [3.8, 4) is 33.9 Å². The number of fused-ring (bicyclic) bond motifs is 12. The summed E-state index contributed by atoms with van der Waals surface area (Å²) >= 11 is 0. The van der Waals surface area contributed by atoms with Gasteiger partial charge in [-0.25, -0.2) is 0 Å². The zero-order chi connectivity index (χ0) is 41.9. The van der Waals surface area contributed by atoms with Crippen molar-refractivity contribution in [1.29, 1.82) is 0 Å². The van der Waals surface area contributed by atoms with Gasteiger partial charge in [-0.3, -0.25) is 0 Å². The highest BCUT2D eigenvalue weighted by molar-refractivity contribution is 6.14. The standard InChI is InChI=1S/C60H38N4/c1-2-14-41(15-3-1)61-56-24-12-7-19-48(56)51-36-39(26-34-58(51)61)40-27-35-59-52(37-40)49-20-8-13-25-57(49)64(59)44-32-33-50-47-18-6-11-23-55(47)63(60(50)38-44)43-30-28-42(29-31-43)62-53-21-9-4-16-45(53)46-17-5-10-22-54(46)62/h1-38H. The van der Waals surface area contributed by atoms with Crippen LogP contribution in [0.15, 0.2) is 231 Å². The Labute approximate surface area is 368 Å². The van der Waals surface area contributed by atoms with Gasteiger partial charge in [0.05, 0.1) is 44.1 Å². The lowest BCUT2D eigenvalue weighted by molar-refractivity contribution is 1.14. The van der Waals surface area contributed by atoms with Crippen molar-refractivity contribution in [2.24, 2.45) is 0 Å². The molecule has 0 amide bonds. The molecule has 298 valence electrons. The van der Waals surface area contributed by atoms with E-state index in [4.69, 9.17) is 0 Å². The van der Waals surface area contributed by atoms with Crippen LogP contribution in [0.2, 0.25) is 0 Å². The van der Waals surface area contributed by atoms with Crippen LogP contribution < -0.4 is 0 Å². The van der Waals surface area contributed by atoms with Crippen molar-refractivity contribution < 1.29 is 0 Å². The Kier molecular flexibility index (Phi) is 7.36. The van der Waals surface area contributed by atoms with Crippen LogP contribution in [0.1, 0.15) is 0 Å². The fourth-order valence-electron chi connectivity index (χ4n) is 10.8. The fraction of sp³-hybridized carbons (Fsp3) is 0. The summed E-state index contributed by atoms with van der Waals surface area (Å²) in [7, 11) is 0. The van der Waals surface area contributed by atoms with Gasteiger partial charge in [-0.2, -0.15) is 0 Å². The second-order valence-corrected chi connectivity index (χ2v) is 16.9. The first-order valence-corrected chi connectivity index (χ1v) is 22.0. The summed E-state index contributed by atoms with van der Waals surface area (Å²) in [5.41, 5.74) is 16.6. The van der Waals surface area contributed by atoms with Crippen LogP contribution in [0.3, 0.4) is 0 Å². The number of hydrogen-bond acceptors (Lipinski definition) is 0. The Morgan fingerprint density at radius 2 is 0.469 bits per heavy atom. The Morgan fingerprint density at radius 1 is 0.172 bits per heavy atom. The maximum absolute atomic E-state index is 2.44. The summed E-state index contributed by atoms with van der Waals surface area (Å²) in [6.07, 6.45) is 0. The Morgan fingerprint density at radius 3 is 0.906 bits per heavy atom. The SMILES string of the molecule is c1ccc(-n2c3ccccc3c3cc(-c4ccc5c(c4)c4ccccc4n5-c4ccc5c6ccccc6n(-c6ccc(-n7c8ccccc8c8ccccc87)cc6)c5c4)ccc32)cc1. The normalized spacial score (nSPS) is 12.1. The summed E-state index contributed by atoms with van der Waals surface area (Å²) in [6, 6.07) is 84.5.